The van der Waals surface area contributed by atoms with E-state index in [1.165, 1.54) is 4.90 Å². The minimum Gasteiger partial charge on any atom is -0.494 e. The van der Waals surface area contributed by atoms with Crippen molar-refractivity contribution in [2.75, 3.05) is 26.7 Å². The van der Waals surface area contributed by atoms with E-state index in [1.54, 1.807) is 7.05 Å². The summed E-state index contributed by atoms with van der Waals surface area (Å²) in [5, 5.41) is 2.45. The molecule has 1 aromatic rings. The number of nitrogens with one attached hydrogen (secondary N) is 1. The Bertz CT molecular complexity index is 469. The van der Waals surface area contributed by atoms with Crippen LogP contribution in [0.3, 0.4) is 0 Å². The fraction of sp³-hybridized carbons (Fsp3) is 0.429. The van der Waals surface area contributed by atoms with Crippen LogP contribution in [0.2, 0.25) is 0 Å². The molecular weight excluding hydrogens is 294 g/mol. The smallest absolute Gasteiger partial charge is 0.242 e. The first kappa shape index (κ1) is 19.2. The van der Waals surface area contributed by atoms with Crippen LogP contribution in [-0.4, -0.2) is 43.5 Å². The van der Waals surface area contributed by atoms with Gasteiger partial charge in [-0.1, -0.05) is 18.2 Å². The Morgan fingerprint density at radius 3 is 2.62 bits per heavy atom. The van der Waals surface area contributed by atoms with Gasteiger partial charge in [-0.2, -0.15) is 0 Å². The number of nitrogens with zero attached hydrogens (tertiary/aromatic N) is 1. The molecule has 6 nitrogen and oxygen atoms in total. The standard InChI is InChI=1S/C14H21N3O3.ClH/c1-3-20-12-7-5-4-6-11(12)10-17(2)14(19)9-16-13(18)8-15;/h4-7H,3,8-10,15H2,1-2H3,(H,16,18);1H. The summed E-state index contributed by atoms with van der Waals surface area (Å²) in [5.41, 5.74) is 6.08. The summed E-state index contributed by atoms with van der Waals surface area (Å²) in [4.78, 5) is 24.4. The van der Waals surface area contributed by atoms with Crippen molar-refractivity contribution in [3.63, 3.8) is 0 Å². The van der Waals surface area contributed by atoms with E-state index >= 15 is 0 Å². The van der Waals surface area contributed by atoms with E-state index in [9.17, 15) is 9.59 Å². The first-order valence-electron chi connectivity index (χ1n) is 6.50. The van der Waals surface area contributed by atoms with Gasteiger partial charge in [0.25, 0.3) is 0 Å². The number of hydrogen-bond donors (Lipinski definition) is 2. The Morgan fingerprint density at radius 1 is 1.33 bits per heavy atom. The highest BCUT2D eigenvalue weighted by atomic mass is 35.5. The monoisotopic (exact) mass is 315 g/mol. The number of amides is 2. The lowest BCUT2D eigenvalue weighted by Gasteiger charge is -2.19. The van der Waals surface area contributed by atoms with E-state index in [-0.39, 0.29) is 37.3 Å². The molecule has 0 aromatic heterocycles. The molecule has 0 spiro atoms. The van der Waals surface area contributed by atoms with E-state index in [2.05, 4.69) is 5.32 Å². The topological polar surface area (TPSA) is 84.7 Å². The molecule has 0 aliphatic rings. The molecule has 0 saturated carbocycles. The summed E-state index contributed by atoms with van der Waals surface area (Å²) >= 11 is 0. The van der Waals surface area contributed by atoms with E-state index in [0.717, 1.165) is 11.3 Å². The molecule has 0 aliphatic carbocycles. The Kier molecular flexibility index (Phi) is 9.16. The van der Waals surface area contributed by atoms with Gasteiger partial charge in [0.05, 0.1) is 19.7 Å². The van der Waals surface area contributed by atoms with Gasteiger partial charge in [0.15, 0.2) is 0 Å². The maximum atomic E-state index is 11.9. The Balaban J connectivity index is 0.00000400. The van der Waals surface area contributed by atoms with Gasteiger partial charge in [-0.3, -0.25) is 9.59 Å². The average Bonchev–Trinajstić information content (AvgIpc) is 2.46. The summed E-state index contributed by atoms with van der Waals surface area (Å²) in [7, 11) is 1.68. The number of benzene rings is 1. The van der Waals surface area contributed by atoms with Gasteiger partial charge < -0.3 is 20.7 Å². The van der Waals surface area contributed by atoms with Crippen molar-refractivity contribution in [2.24, 2.45) is 5.73 Å². The molecule has 0 unspecified atom stereocenters. The number of carbonyl (C=O) groups excluding carboxylic acids is 2. The zero-order chi connectivity index (χ0) is 15.0. The number of rotatable bonds is 7. The minimum atomic E-state index is -0.346. The molecule has 1 aromatic carbocycles. The van der Waals surface area contributed by atoms with Crippen LogP contribution in [0, 0.1) is 0 Å². The van der Waals surface area contributed by atoms with Gasteiger partial charge >= 0.3 is 0 Å². The predicted octanol–water partition coefficient (Wildman–Crippen LogP) is 0.540. The van der Waals surface area contributed by atoms with E-state index in [4.69, 9.17) is 10.5 Å². The Morgan fingerprint density at radius 2 is 2.00 bits per heavy atom. The third-order valence-electron chi connectivity index (χ3n) is 2.73. The second-order valence-corrected chi connectivity index (χ2v) is 4.27. The zero-order valence-electron chi connectivity index (χ0n) is 12.3. The highest BCUT2D eigenvalue weighted by molar-refractivity contribution is 5.85. The van der Waals surface area contributed by atoms with Gasteiger partial charge in [-0.15, -0.1) is 12.4 Å². The van der Waals surface area contributed by atoms with Crippen LogP contribution in [0.15, 0.2) is 24.3 Å². The molecule has 0 radical (unpaired) electrons. The third kappa shape index (κ3) is 6.46. The highest BCUT2D eigenvalue weighted by Crippen LogP contribution is 2.19. The quantitative estimate of drug-likeness (QED) is 0.769. The lowest BCUT2D eigenvalue weighted by Crippen LogP contribution is -2.40. The molecule has 0 fully saturated rings. The highest BCUT2D eigenvalue weighted by Gasteiger charge is 2.12. The fourth-order valence-corrected chi connectivity index (χ4v) is 1.66. The van der Waals surface area contributed by atoms with E-state index in [0.29, 0.717) is 13.2 Å². The van der Waals surface area contributed by atoms with Crippen LogP contribution >= 0.6 is 12.4 Å². The van der Waals surface area contributed by atoms with Crippen LogP contribution in [0.1, 0.15) is 12.5 Å². The molecule has 0 aliphatic heterocycles. The summed E-state index contributed by atoms with van der Waals surface area (Å²) in [5.74, 6) is 0.236. The van der Waals surface area contributed by atoms with Gasteiger partial charge in [0, 0.05) is 19.2 Å². The second-order valence-electron chi connectivity index (χ2n) is 4.27. The largest absolute Gasteiger partial charge is 0.494 e. The lowest BCUT2D eigenvalue weighted by atomic mass is 10.2. The van der Waals surface area contributed by atoms with Crippen molar-refractivity contribution in [1.29, 1.82) is 0 Å². The van der Waals surface area contributed by atoms with Crippen LogP contribution in [0.25, 0.3) is 0 Å². The third-order valence-corrected chi connectivity index (χ3v) is 2.73. The average molecular weight is 316 g/mol. The number of likely N-dealkylation sites (N-methyl/N-ethyl adjacent to an activating group) is 1. The summed E-state index contributed by atoms with van der Waals surface area (Å²) < 4.78 is 5.51. The molecule has 0 heterocycles. The summed E-state index contributed by atoms with van der Waals surface area (Å²) in [6.07, 6.45) is 0. The van der Waals surface area contributed by atoms with Crippen molar-refractivity contribution < 1.29 is 14.3 Å². The minimum absolute atomic E-state index is 0. The van der Waals surface area contributed by atoms with Gasteiger partial charge in [0.1, 0.15) is 5.75 Å². The molecule has 7 heteroatoms. The number of para-hydroxylation sites is 1. The van der Waals surface area contributed by atoms with E-state index in [1.807, 2.05) is 31.2 Å². The number of hydrogen-bond acceptors (Lipinski definition) is 4. The summed E-state index contributed by atoms with van der Waals surface area (Å²) in [6, 6.07) is 7.56. The van der Waals surface area contributed by atoms with Gasteiger partial charge in [-0.25, -0.2) is 0 Å². The second kappa shape index (κ2) is 10.0. The summed E-state index contributed by atoms with van der Waals surface area (Å²) in [6.45, 7) is 2.73. The van der Waals surface area contributed by atoms with Crippen LogP contribution in [-0.2, 0) is 16.1 Å². The van der Waals surface area contributed by atoms with Crippen molar-refractivity contribution in [3.05, 3.63) is 29.8 Å². The van der Waals surface area contributed by atoms with E-state index < -0.39 is 0 Å². The molecule has 3 N–H and O–H groups in total. The van der Waals surface area contributed by atoms with Gasteiger partial charge in [0.2, 0.25) is 11.8 Å². The van der Waals surface area contributed by atoms with Crippen LogP contribution in [0.5, 0.6) is 5.75 Å². The maximum Gasteiger partial charge on any atom is 0.242 e. The fourth-order valence-electron chi connectivity index (χ4n) is 1.66. The molecule has 21 heavy (non-hydrogen) atoms. The van der Waals surface area contributed by atoms with Crippen LogP contribution in [0.4, 0.5) is 0 Å². The Hall–Kier alpha value is -1.79. The molecule has 0 saturated heterocycles. The van der Waals surface area contributed by atoms with Crippen molar-refractivity contribution >= 4 is 24.2 Å². The molecule has 2 amide bonds. The van der Waals surface area contributed by atoms with Gasteiger partial charge in [-0.05, 0) is 13.0 Å². The molecule has 118 valence electrons. The molecule has 1 rings (SSSR count). The van der Waals surface area contributed by atoms with Crippen molar-refractivity contribution in [2.45, 2.75) is 13.5 Å². The lowest BCUT2D eigenvalue weighted by molar-refractivity contribution is -0.131. The van der Waals surface area contributed by atoms with Crippen molar-refractivity contribution in [3.8, 4) is 5.75 Å². The molecular formula is C14H22ClN3O3. The number of halogens is 1. The maximum absolute atomic E-state index is 11.9. The molecule has 0 bridgehead atoms. The Labute approximate surface area is 131 Å². The number of carbonyl (C=O) groups is 2. The number of nitrogens with two attached hydrogens (primary N) is 1. The predicted molar refractivity (Wildman–Crippen MR) is 83.4 cm³/mol. The number of ether oxygens (including phenoxy) is 1. The normalized spacial score (nSPS) is 9.48. The van der Waals surface area contributed by atoms with Crippen LogP contribution < -0.4 is 15.8 Å². The SMILES string of the molecule is CCOc1ccccc1CN(C)C(=O)CNC(=O)CN.Cl. The molecule has 0 atom stereocenters. The first-order chi connectivity index (χ1) is 9.58. The van der Waals surface area contributed by atoms with Crippen molar-refractivity contribution in [1.82, 2.24) is 10.2 Å². The first-order valence-corrected chi connectivity index (χ1v) is 6.50. The zero-order valence-corrected chi connectivity index (χ0v) is 13.1.